The van der Waals surface area contributed by atoms with E-state index in [2.05, 4.69) is 15.2 Å². The highest BCUT2D eigenvalue weighted by Crippen LogP contribution is 2.30. The summed E-state index contributed by atoms with van der Waals surface area (Å²) in [5.41, 5.74) is 1.21. The molecule has 3 rings (SSSR count). The predicted octanol–water partition coefficient (Wildman–Crippen LogP) is 4.87. The molecular formula is C21H17F3N4O5S. The maximum absolute atomic E-state index is 13.0. The molecule has 9 nitrogen and oxygen atoms in total. The largest absolute Gasteiger partial charge is 0.497 e. The molecule has 0 unspecified atom stereocenters. The molecule has 0 atom stereocenters. The number of nitrogens with one attached hydrogen (secondary N) is 2. The minimum Gasteiger partial charge on any atom is -0.497 e. The summed E-state index contributed by atoms with van der Waals surface area (Å²) < 4.78 is 71.8. The number of hydrogen-bond donors (Lipinski definition) is 2. The topological polar surface area (TPSA) is 123 Å². The van der Waals surface area contributed by atoms with Crippen molar-refractivity contribution >= 4 is 33.3 Å². The lowest BCUT2D eigenvalue weighted by molar-refractivity contribution is -0.385. The maximum atomic E-state index is 13.0. The van der Waals surface area contributed by atoms with E-state index in [1.54, 1.807) is 0 Å². The summed E-state index contributed by atoms with van der Waals surface area (Å²) in [5.74, 6) is 0.490. The third kappa shape index (κ3) is 6.01. The first kappa shape index (κ1) is 24.5. The zero-order valence-corrected chi connectivity index (χ0v) is 18.2. The minimum atomic E-state index is -4.54. The van der Waals surface area contributed by atoms with Crippen LogP contribution in [0.25, 0.3) is 0 Å². The van der Waals surface area contributed by atoms with Crippen LogP contribution in [0.3, 0.4) is 0 Å². The number of rotatable bonds is 8. The fraction of sp³-hybridized carbons (Fsp3) is 0.0952. The summed E-state index contributed by atoms with van der Waals surface area (Å²) in [6.45, 7) is 0. The van der Waals surface area contributed by atoms with Gasteiger partial charge >= 0.3 is 6.18 Å². The monoisotopic (exact) mass is 494 g/mol. The van der Waals surface area contributed by atoms with Gasteiger partial charge in [0.25, 0.3) is 15.7 Å². The molecule has 3 aromatic carbocycles. The Hall–Kier alpha value is -4.13. The Morgan fingerprint density at radius 1 is 1.06 bits per heavy atom. The second-order valence-electron chi connectivity index (χ2n) is 6.76. The molecule has 0 saturated heterocycles. The van der Waals surface area contributed by atoms with Crippen molar-refractivity contribution in [2.24, 2.45) is 5.10 Å². The SMILES string of the molecule is COc1ccc(NS(=O)(=O)c2cc([N+](=O)[O-])ccc2NN=Cc2cccc(C(F)(F)F)c2)cc1. The third-order valence-electron chi connectivity index (χ3n) is 4.42. The van der Waals surface area contributed by atoms with Gasteiger partial charge in [-0.25, -0.2) is 8.42 Å². The molecule has 0 aliphatic rings. The number of alkyl halides is 3. The molecule has 0 aromatic heterocycles. The van der Waals surface area contributed by atoms with E-state index >= 15 is 0 Å². The Bertz CT molecular complexity index is 1330. The molecule has 0 amide bonds. The number of anilines is 2. The molecule has 0 saturated carbocycles. The molecule has 0 aliphatic carbocycles. The van der Waals surface area contributed by atoms with Crippen molar-refractivity contribution in [3.8, 4) is 5.75 Å². The van der Waals surface area contributed by atoms with Gasteiger partial charge in [-0.3, -0.25) is 20.3 Å². The Morgan fingerprint density at radius 3 is 2.38 bits per heavy atom. The van der Waals surface area contributed by atoms with Crippen molar-refractivity contribution in [2.45, 2.75) is 11.1 Å². The predicted molar refractivity (Wildman–Crippen MR) is 120 cm³/mol. The van der Waals surface area contributed by atoms with Crippen molar-refractivity contribution in [1.82, 2.24) is 0 Å². The number of methoxy groups -OCH3 is 1. The van der Waals surface area contributed by atoms with E-state index in [1.807, 2.05) is 0 Å². The number of nitro groups is 1. The molecular weight excluding hydrogens is 477 g/mol. The number of nitrogens with zero attached hydrogens (tertiary/aromatic N) is 2. The number of hydrazone groups is 1. The summed E-state index contributed by atoms with van der Waals surface area (Å²) in [7, 11) is -2.88. The third-order valence-corrected chi connectivity index (χ3v) is 5.84. The quantitative estimate of drug-likeness (QED) is 0.262. The molecule has 0 fully saturated rings. The Morgan fingerprint density at radius 2 is 1.76 bits per heavy atom. The van der Waals surface area contributed by atoms with Gasteiger partial charge in [0.05, 0.1) is 29.5 Å². The summed E-state index contributed by atoms with van der Waals surface area (Å²) in [5, 5.41) is 15.0. The van der Waals surface area contributed by atoms with Crippen LogP contribution in [0.2, 0.25) is 0 Å². The highest BCUT2D eigenvalue weighted by molar-refractivity contribution is 7.92. The standard InChI is InChI=1S/C21H17F3N4O5S/c1-33-18-8-5-16(6-9-18)27-34(31,32)20-12-17(28(29)30)7-10-19(20)26-25-13-14-3-2-4-15(11-14)21(22,23)24/h2-13,26-27H,1H3. The zero-order chi connectivity index (χ0) is 24.9. The smallest absolute Gasteiger partial charge is 0.416 e. The van der Waals surface area contributed by atoms with Crippen LogP contribution < -0.4 is 14.9 Å². The summed E-state index contributed by atoms with van der Waals surface area (Å²) in [6, 6.07) is 13.3. The number of sulfonamides is 1. The van der Waals surface area contributed by atoms with Gasteiger partial charge in [-0.2, -0.15) is 18.3 Å². The van der Waals surface area contributed by atoms with Crippen molar-refractivity contribution < 1.29 is 31.2 Å². The van der Waals surface area contributed by atoms with Crippen LogP contribution in [0.5, 0.6) is 5.75 Å². The van der Waals surface area contributed by atoms with Gasteiger partial charge in [0.1, 0.15) is 10.6 Å². The Balaban J connectivity index is 1.91. The Labute approximate surface area is 192 Å². The normalized spacial score (nSPS) is 11.9. The molecule has 2 N–H and O–H groups in total. The second kappa shape index (κ2) is 9.79. The second-order valence-corrected chi connectivity index (χ2v) is 8.42. The summed E-state index contributed by atoms with van der Waals surface area (Å²) >= 11 is 0. The molecule has 0 spiro atoms. The van der Waals surface area contributed by atoms with Crippen molar-refractivity contribution in [1.29, 1.82) is 0 Å². The average Bonchev–Trinajstić information content (AvgIpc) is 2.79. The van der Waals surface area contributed by atoms with Gasteiger partial charge in [-0.1, -0.05) is 12.1 Å². The summed E-state index contributed by atoms with van der Waals surface area (Å²) in [6.07, 6.45) is -3.48. The van der Waals surface area contributed by atoms with E-state index in [0.29, 0.717) is 5.75 Å². The van der Waals surface area contributed by atoms with Crippen LogP contribution >= 0.6 is 0 Å². The fourth-order valence-electron chi connectivity index (χ4n) is 2.78. The molecule has 3 aromatic rings. The number of halogens is 3. The fourth-order valence-corrected chi connectivity index (χ4v) is 4.02. The van der Waals surface area contributed by atoms with Crippen LogP contribution in [-0.4, -0.2) is 26.7 Å². The first-order chi connectivity index (χ1) is 16.0. The van der Waals surface area contributed by atoms with Crippen LogP contribution in [-0.2, 0) is 16.2 Å². The van der Waals surface area contributed by atoms with E-state index in [1.165, 1.54) is 43.5 Å². The minimum absolute atomic E-state index is 0.102. The van der Waals surface area contributed by atoms with E-state index in [4.69, 9.17) is 4.74 Å². The Kier molecular flexibility index (Phi) is 7.05. The highest BCUT2D eigenvalue weighted by Gasteiger charge is 2.30. The lowest BCUT2D eigenvalue weighted by Gasteiger charge is -2.12. The number of non-ortho nitro benzene ring substituents is 1. The van der Waals surface area contributed by atoms with Crippen LogP contribution in [0.1, 0.15) is 11.1 Å². The number of hydrogen-bond acceptors (Lipinski definition) is 7. The molecule has 178 valence electrons. The zero-order valence-electron chi connectivity index (χ0n) is 17.4. The van der Waals surface area contributed by atoms with Gasteiger partial charge < -0.3 is 4.74 Å². The molecule has 0 heterocycles. The average molecular weight is 494 g/mol. The molecule has 34 heavy (non-hydrogen) atoms. The van der Waals surface area contributed by atoms with E-state index in [-0.39, 0.29) is 16.9 Å². The van der Waals surface area contributed by atoms with Crippen molar-refractivity contribution in [3.05, 3.63) is 88.0 Å². The lowest BCUT2D eigenvalue weighted by Crippen LogP contribution is -2.15. The van der Waals surface area contributed by atoms with E-state index < -0.39 is 37.3 Å². The van der Waals surface area contributed by atoms with Gasteiger partial charge in [-0.05, 0) is 48.0 Å². The maximum Gasteiger partial charge on any atom is 0.416 e. The van der Waals surface area contributed by atoms with E-state index in [0.717, 1.165) is 36.5 Å². The number of ether oxygens (including phenoxy) is 1. The molecule has 0 aliphatic heterocycles. The van der Waals surface area contributed by atoms with Crippen LogP contribution in [0.4, 0.5) is 30.2 Å². The first-order valence-electron chi connectivity index (χ1n) is 9.41. The number of nitro benzene ring substituents is 1. The molecule has 13 heteroatoms. The van der Waals surface area contributed by atoms with E-state index in [9.17, 15) is 31.7 Å². The van der Waals surface area contributed by atoms with Crippen LogP contribution in [0.15, 0.2) is 76.7 Å². The summed E-state index contributed by atoms with van der Waals surface area (Å²) in [4.78, 5) is 9.92. The van der Waals surface area contributed by atoms with Crippen LogP contribution in [0, 0.1) is 10.1 Å². The first-order valence-corrected chi connectivity index (χ1v) is 10.9. The van der Waals surface area contributed by atoms with Crippen molar-refractivity contribution in [3.63, 3.8) is 0 Å². The van der Waals surface area contributed by atoms with Gasteiger partial charge in [-0.15, -0.1) is 0 Å². The molecule has 0 bridgehead atoms. The number of benzene rings is 3. The molecule has 0 radical (unpaired) electrons. The van der Waals surface area contributed by atoms with Gasteiger partial charge in [0.15, 0.2) is 0 Å². The van der Waals surface area contributed by atoms with Crippen molar-refractivity contribution in [2.75, 3.05) is 17.3 Å². The van der Waals surface area contributed by atoms with Gasteiger partial charge in [0.2, 0.25) is 0 Å². The van der Waals surface area contributed by atoms with Gasteiger partial charge in [0, 0.05) is 17.8 Å². The highest BCUT2D eigenvalue weighted by atomic mass is 32.2. The lowest BCUT2D eigenvalue weighted by atomic mass is 10.1.